The minimum Gasteiger partial charge on any atom is -0.497 e. The first-order valence-electron chi connectivity index (χ1n) is 9.50. The molecule has 0 unspecified atom stereocenters. The highest BCUT2D eigenvalue weighted by Gasteiger charge is 2.37. The molecule has 1 aliphatic rings. The van der Waals surface area contributed by atoms with Crippen LogP contribution in [0.4, 0.5) is 5.69 Å². The number of methoxy groups -OCH3 is 1. The number of carbonyl (C=O) groups is 2. The van der Waals surface area contributed by atoms with Gasteiger partial charge in [0.15, 0.2) is 6.61 Å². The first-order chi connectivity index (χ1) is 14.9. The molecule has 1 aliphatic heterocycles. The van der Waals surface area contributed by atoms with Crippen molar-refractivity contribution in [3.05, 3.63) is 66.2 Å². The number of ether oxygens (including phenoxy) is 2. The molecule has 1 heterocycles. The molecule has 0 saturated heterocycles. The average molecular weight is 440 g/mol. The standard InChI is InChI=1S/C22H20N2O6S/c1-29-17-10-8-15(9-11-17)12-23-20(25)14-30-21(26)13-24-18-6-2-4-16-5-3-7-19(22(16)18)31(24,27)28/h2-11H,12-14H2,1H3,(H,23,25). The van der Waals surface area contributed by atoms with E-state index in [0.29, 0.717) is 16.8 Å². The number of nitrogens with zero attached hydrogens (tertiary/aromatic N) is 1. The van der Waals surface area contributed by atoms with Gasteiger partial charge in [-0.25, -0.2) is 8.42 Å². The molecule has 0 aliphatic carbocycles. The summed E-state index contributed by atoms with van der Waals surface area (Å²) in [7, 11) is -2.30. The first-order valence-corrected chi connectivity index (χ1v) is 10.9. The second kappa shape index (κ2) is 8.27. The van der Waals surface area contributed by atoms with E-state index >= 15 is 0 Å². The fourth-order valence-electron chi connectivity index (χ4n) is 3.43. The fraction of sp³-hybridized carbons (Fsp3) is 0.182. The maximum Gasteiger partial charge on any atom is 0.327 e. The van der Waals surface area contributed by atoms with Gasteiger partial charge in [-0.15, -0.1) is 0 Å². The second-order valence-electron chi connectivity index (χ2n) is 6.93. The predicted octanol–water partition coefficient (Wildman–Crippen LogP) is 2.22. The Kier molecular flexibility index (Phi) is 5.51. The van der Waals surface area contributed by atoms with E-state index in [0.717, 1.165) is 15.3 Å². The van der Waals surface area contributed by atoms with Crippen LogP contribution in [-0.2, 0) is 30.9 Å². The van der Waals surface area contributed by atoms with Gasteiger partial charge in [0.25, 0.3) is 15.9 Å². The Hall–Kier alpha value is -3.59. The molecule has 3 aromatic carbocycles. The maximum absolute atomic E-state index is 12.9. The molecule has 0 bridgehead atoms. The molecule has 0 fully saturated rings. The van der Waals surface area contributed by atoms with Crippen molar-refractivity contribution in [2.45, 2.75) is 11.4 Å². The number of sulfonamides is 1. The highest BCUT2D eigenvalue weighted by Crippen LogP contribution is 2.41. The first kappa shape index (κ1) is 20.7. The number of amides is 1. The molecular weight excluding hydrogens is 420 g/mol. The minimum atomic E-state index is -3.86. The number of carbonyl (C=O) groups excluding carboxylic acids is 2. The van der Waals surface area contributed by atoms with Gasteiger partial charge in [0.2, 0.25) is 0 Å². The van der Waals surface area contributed by atoms with Crippen LogP contribution < -0.4 is 14.4 Å². The lowest BCUT2D eigenvalue weighted by Gasteiger charge is -2.17. The van der Waals surface area contributed by atoms with Crippen LogP contribution in [0.2, 0.25) is 0 Å². The highest BCUT2D eigenvalue weighted by atomic mass is 32.2. The molecule has 1 amide bonds. The number of benzene rings is 3. The number of nitrogens with one attached hydrogen (secondary N) is 1. The van der Waals surface area contributed by atoms with E-state index in [4.69, 9.17) is 9.47 Å². The maximum atomic E-state index is 12.9. The zero-order valence-corrected chi connectivity index (χ0v) is 17.5. The SMILES string of the molecule is COc1ccc(CNC(=O)COC(=O)CN2c3cccc4cccc(c34)S2(=O)=O)cc1. The number of rotatable bonds is 7. The van der Waals surface area contributed by atoms with Crippen LogP contribution in [0.1, 0.15) is 5.56 Å². The van der Waals surface area contributed by atoms with Crippen molar-refractivity contribution in [3.8, 4) is 5.75 Å². The third kappa shape index (κ3) is 4.04. The van der Waals surface area contributed by atoms with Crippen LogP contribution >= 0.6 is 0 Å². The van der Waals surface area contributed by atoms with Crippen LogP contribution in [0.15, 0.2) is 65.6 Å². The summed E-state index contributed by atoms with van der Waals surface area (Å²) in [6.07, 6.45) is 0. The molecule has 0 aromatic heterocycles. The third-order valence-electron chi connectivity index (χ3n) is 4.97. The van der Waals surface area contributed by atoms with Crippen molar-refractivity contribution < 1.29 is 27.5 Å². The number of esters is 1. The Morgan fingerprint density at radius 3 is 2.42 bits per heavy atom. The molecule has 31 heavy (non-hydrogen) atoms. The van der Waals surface area contributed by atoms with Crippen molar-refractivity contribution in [3.63, 3.8) is 0 Å². The van der Waals surface area contributed by atoms with Gasteiger partial charge in [0.1, 0.15) is 12.3 Å². The molecule has 3 aromatic rings. The van der Waals surface area contributed by atoms with Gasteiger partial charge in [-0.05, 0) is 35.2 Å². The summed E-state index contributed by atoms with van der Waals surface area (Å²) in [5.74, 6) is -0.592. The van der Waals surface area contributed by atoms with E-state index < -0.39 is 35.1 Å². The quantitative estimate of drug-likeness (QED) is 0.565. The minimum absolute atomic E-state index is 0.158. The summed E-state index contributed by atoms with van der Waals surface area (Å²) < 4.78 is 36.8. The molecular formula is C22H20N2O6S. The number of hydrogen-bond acceptors (Lipinski definition) is 6. The zero-order valence-electron chi connectivity index (χ0n) is 16.7. The van der Waals surface area contributed by atoms with Crippen molar-refractivity contribution in [1.82, 2.24) is 5.32 Å². The van der Waals surface area contributed by atoms with Crippen LogP contribution in [0.25, 0.3) is 10.8 Å². The zero-order chi connectivity index (χ0) is 22.0. The summed E-state index contributed by atoms with van der Waals surface area (Å²) in [5.41, 5.74) is 1.28. The lowest BCUT2D eigenvalue weighted by Crippen LogP contribution is -2.35. The lowest BCUT2D eigenvalue weighted by atomic mass is 10.1. The Labute approximate surface area is 179 Å². The highest BCUT2D eigenvalue weighted by molar-refractivity contribution is 7.93. The van der Waals surface area contributed by atoms with Crippen LogP contribution in [-0.4, -0.2) is 40.6 Å². The normalized spacial score (nSPS) is 13.8. The van der Waals surface area contributed by atoms with E-state index in [1.165, 1.54) is 6.07 Å². The molecule has 8 nitrogen and oxygen atoms in total. The topological polar surface area (TPSA) is 102 Å². The Bertz CT molecular complexity index is 1250. The van der Waals surface area contributed by atoms with E-state index in [1.807, 2.05) is 24.3 Å². The van der Waals surface area contributed by atoms with Crippen molar-refractivity contribution >= 4 is 38.4 Å². The molecule has 0 spiro atoms. The largest absolute Gasteiger partial charge is 0.497 e. The summed E-state index contributed by atoms with van der Waals surface area (Å²) in [6.45, 7) is -0.750. The molecule has 1 N–H and O–H groups in total. The molecule has 0 radical (unpaired) electrons. The number of hydrogen-bond donors (Lipinski definition) is 1. The van der Waals surface area contributed by atoms with Gasteiger partial charge in [-0.1, -0.05) is 36.4 Å². The van der Waals surface area contributed by atoms with E-state index in [-0.39, 0.29) is 11.4 Å². The van der Waals surface area contributed by atoms with Crippen molar-refractivity contribution in [2.75, 3.05) is 24.6 Å². The fourth-order valence-corrected chi connectivity index (χ4v) is 5.09. The monoisotopic (exact) mass is 440 g/mol. The van der Waals surface area contributed by atoms with Crippen LogP contribution in [0.3, 0.4) is 0 Å². The molecule has 0 saturated carbocycles. The Balaban J connectivity index is 1.35. The van der Waals surface area contributed by atoms with Gasteiger partial charge in [-0.3, -0.25) is 13.9 Å². The Morgan fingerprint density at radius 1 is 1.00 bits per heavy atom. The summed E-state index contributed by atoms with van der Waals surface area (Å²) in [6, 6.07) is 17.3. The smallest absolute Gasteiger partial charge is 0.327 e. The number of anilines is 1. The average Bonchev–Trinajstić information content (AvgIpc) is 3.00. The molecule has 0 atom stereocenters. The lowest BCUT2D eigenvalue weighted by molar-refractivity contribution is -0.147. The summed E-state index contributed by atoms with van der Waals surface area (Å²) in [4.78, 5) is 24.4. The van der Waals surface area contributed by atoms with Gasteiger partial charge in [0, 0.05) is 11.9 Å². The second-order valence-corrected chi connectivity index (χ2v) is 8.76. The third-order valence-corrected chi connectivity index (χ3v) is 6.77. The van der Waals surface area contributed by atoms with E-state index in [1.54, 1.807) is 37.4 Å². The molecule has 9 heteroatoms. The van der Waals surface area contributed by atoms with Gasteiger partial charge >= 0.3 is 5.97 Å². The van der Waals surface area contributed by atoms with E-state index in [2.05, 4.69) is 5.32 Å². The molecule has 160 valence electrons. The van der Waals surface area contributed by atoms with Gasteiger partial charge < -0.3 is 14.8 Å². The van der Waals surface area contributed by atoms with Crippen molar-refractivity contribution in [1.29, 1.82) is 0 Å². The van der Waals surface area contributed by atoms with E-state index in [9.17, 15) is 18.0 Å². The predicted molar refractivity (Wildman–Crippen MR) is 114 cm³/mol. The van der Waals surface area contributed by atoms with Gasteiger partial charge in [-0.2, -0.15) is 0 Å². The van der Waals surface area contributed by atoms with Gasteiger partial charge in [0.05, 0.1) is 17.7 Å². The molecule has 4 rings (SSSR count). The summed E-state index contributed by atoms with van der Waals surface area (Å²) in [5, 5.41) is 3.99. The Morgan fingerprint density at radius 2 is 1.71 bits per heavy atom. The van der Waals surface area contributed by atoms with Crippen molar-refractivity contribution in [2.24, 2.45) is 0 Å². The van der Waals surface area contributed by atoms with Crippen LogP contribution in [0.5, 0.6) is 5.75 Å². The van der Waals surface area contributed by atoms with Crippen LogP contribution in [0, 0.1) is 0 Å². The summed E-state index contributed by atoms with van der Waals surface area (Å²) >= 11 is 0.